The molecule has 1 aromatic rings. The molecule has 0 aliphatic carbocycles. The van der Waals surface area contributed by atoms with Crippen LogP contribution in [0.15, 0.2) is 0 Å². The quantitative estimate of drug-likeness (QED) is 0.706. The van der Waals surface area contributed by atoms with Gasteiger partial charge in [0.25, 0.3) is 0 Å². The number of nitrogens with one attached hydrogen (secondary N) is 1. The van der Waals surface area contributed by atoms with Gasteiger partial charge in [0.1, 0.15) is 5.82 Å². The van der Waals surface area contributed by atoms with E-state index in [1.807, 2.05) is 0 Å². The van der Waals surface area contributed by atoms with Crippen LogP contribution in [-0.2, 0) is 13.0 Å². The zero-order valence-corrected chi connectivity index (χ0v) is 8.01. The van der Waals surface area contributed by atoms with Crippen molar-refractivity contribution in [2.24, 2.45) is 0 Å². The van der Waals surface area contributed by atoms with Gasteiger partial charge in [-0.05, 0) is 19.4 Å². The second kappa shape index (κ2) is 3.38. The first kappa shape index (κ1) is 8.56. The van der Waals surface area contributed by atoms with Crippen molar-refractivity contribution in [3.05, 3.63) is 11.3 Å². The Hall–Kier alpha value is -1.03. The number of anilines is 1. The number of aromatic amines is 1. The molecular formula is C9H16N4. The maximum absolute atomic E-state index is 5.72. The van der Waals surface area contributed by atoms with E-state index in [4.69, 9.17) is 5.73 Å². The molecular weight excluding hydrogens is 164 g/mol. The average molecular weight is 180 g/mol. The molecule has 1 aromatic heterocycles. The van der Waals surface area contributed by atoms with Crippen molar-refractivity contribution in [1.82, 2.24) is 15.1 Å². The highest BCUT2D eigenvalue weighted by molar-refractivity contribution is 5.43. The van der Waals surface area contributed by atoms with Gasteiger partial charge in [-0.1, -0.05) is 6.92 Å². The van der Waals surface area contributed by atoms with Crippen LogP contribution in [-0.4, -0.2) is 28.2 Å². The number of rotatable bonds is 2. The van der Waals surface area contributed by atoms with E-state index in [9.17, 15) is 0 Å². The molecule has 4 nitrogen and oxygen atoms in total. The average Bonchev–Trinajstić information content (AvgIpc) is 2.48. The van der Waals surface area contributed by atoms with Crippen molar-refractivity contribution in [1.29, 1.82) is 0 Å². The number of nitrogens with zero attached hydrogens (tertiary/aromatic N) is 2. The summed E-state index contributed by atoms with van der Waals surface area (Å²) in [6.45, 7) is 5.47. The number of nitrogen functional groups attached to an aromatic ring is 1. The molecule has 0 atom stereocenters. The fourth-order valence-corrected chi connectivity index (χ4v) is 1.91. The Kier molecular flexibility index (Phi) is 2.22. The third-order valence-corrected chi connectivity index (χ3v) is 2.58. The van der Waals surface area contributed by atoms with Gasteiger partial charge < -0.3 is 5.73 Å². The molecule has 0 radical (unpaired) electrons. The van der Waals surface area contributed by atoms with Crippen molar-refractivity contribution >= 4 is 5.82 Å². The Morgan fingerprint density at radius 2 is 2.46 bits per heavy atom. The lowest BCUT2D eigenvalue weighted by Crippen LogP contribution is -2.31. The topological polar surface area (TPSA) is 57.9 Å². The van der Waals surface area contributed by atoms with Crippen LogP contribution in [0, 0.1) is 0 Å². The number of H-pyrrole nitrogens is 1. The Morgan fingerprint density at radius 1 is 1.62 bits per heavy atom. The van der Waals surface area contributed by atoms with E-state index in [2.05, 4.69) is 22.0 Å². The van der Waals surface area contributed by atoms with E-state index >= 15 is 0 Å². The number of fused-ring (bicyclic) bond motifs is 1. The van der Waals surface area contributed by atoms with Gasteiger partial charge in [0.15, 0.2) is 0 Å². The Morgan fingerprint density at radius 3 is 3.23 bits per heavy atom. The Balaban J connectivity index is 2.11. The molecule has 0 saturated heterocycles. The summed E-state index contributed by atoms with van der Waals surface area (Å²) in [5, 5.41) is 7.02. The van der Waals surface area contributed by atoms with Gasteiger partial charge >= 0.3 is 0 Å². The molecule has 13 heavy (non-hydrogen) atoms. The second-order valence-corrected chi connectivity index (χ2v) is 3.59. The lowest BCUT2D eigenvalue weighted by Gasteiger charge is -2.25. The molecule has 1 aliphatic rings. The SMILES string of the molecule is CCCN1CCc2c(N)n[nH]c2C1. The summed E-state index contributed by atoms with van der Waals surface area (Å²) in [5.74, 6) is 0.686. The van der Waals surface area contributed by atoms with Gasteiger partial charge in [-0.15, -0.1) is 0 Å². The van der Waals surface area contributed by atoms with Crippen LogP contribution in [0.2, 0.25) is 0 Å². The molecule has 2 heterocycles. The summed E-state index contributed by atoms with van der Waals surface area (Å²) < 4.78 is 0. The third kappa shape index (κ3) is 1.54. The van der Waals surface area contributed by atoms with Crippen LogP contribution in [0.5, 0.6) is 0 Å². The van der Waals surface area contributed by atoms with E-state index in [0.717, 1.165) is 19.5 Å². The van der Waals surface area contributed by atoms with Gasteiger partial charge in [0.2, 0.25) is 0 Å². The van der Waals surface area contributed by atoms with Gasteiger partial charge in [-0.3, -0.25) is 10.00 Å². The van der Waals surface area contributed by atoms with Gasteiger partial charge in [0, 0.05) is 18.7 Å². The third-order valence-electron chi connectivity index (χ3n) is 2.58. The molecule has 4 heteroatoms. The van der Waals surface area contributed by atoms with E-state index in [0.29, 0.717) is 5.82 Å². The largest absolute Gasteiger partial charge is 0.382 e. The summed E-state index contributed by atoms with van der Waals surface area (Å²) in [4.78, 5) is 2.43. The van der Waals surface area contributed by atoms with Gasteiger partial charge in [-0.25, -0.2) is 0 Å². The standard InChI is InChI=1S/C9H16N4/c1-2-4-13-5-3-7-8(6-13)11-12-9(7)10/h2-6H2,1H3,(H3,10,11,12). The first-order valence-corrected chi connectivity index (χ1v) is 4.85. The molecule has 0 aromatic carbocycles. The monoisotopic (exact) mass is 180 g/mol. The predicted molar refractivity (Wildman–Crippen MR) is 52.3 cm³/mol. The van der Waals surface area contributed by atoms with Crippen molar-refractivity contribution in [2.75, 3.05) is 18.8 Å². The smallest absolute Gasteiger partial charge is 0.148 e. The zero-order valence-electron chi connectivity index (χ0n) is 8.01. The maximum Gasteiger partial charge on any atom is 0.148 e. The molecule has 0 spiro atoms. The molecule has 1 aliphatic heterocycles. The summed E-state index contributed by atoms with van der Waals surface area (Å²) in [6, 6.07) is 0. The summed E-state index contributed by atoms with van der Waals surface area (Å²) in [5.41, 5.74) is 8.15. The molecule has 0 amide bonds. The number of nitrogens with two attached hydrogens (primary N) is 1. The number of hydrogen-bond donors (Lipinski definition) is 2. The minimum atomic E-state index is 0.686. The highest BCUT2D eigenvalue weighted by Crippen LogP contribution is 2.20. The Labute approximate surface area is 78.1 Å². The summed E-state index contributed by atoms with van der Waals surface area (Å²) in [6.07, 6.45) is 2.25. The molecule has 0 fully saturated rings. The summed E-state index contributed by atoms with van der Waals surface area (Å²) in [7, 11) is 0. The molecule has 3 N–H and O–H groups in total. The molecule has 0 unspecified atom stereocenters. The minimum absolute atomic E-state index is 0.686. The Bertz CT molecular complexity index is 292. The van der Waals surface area contributed by atoms with Crippen molar-refractivity contribution < 1.29 is 0 Å². The predicted octanol–water partition coefficient (Wildman–Crippen LogP) is 0.760. The highest BCUT2D eigenvalue weighted by atomic mass is 15.2. The van der Waals surface area contributed by atoms with Crippen molar-refractivity contribution in [2.45, 2.75) is 26.3 Å². The van der Waals surface area contributed by atoms with E-state index < -0.39 is 0 Å². The molecule has 72 valence electrons. The molecule has 0 saturated carbocycles. The number of hydrogen-bond acceptors (Lipinski definition) is 3. The zero-order chi connectivity index (χ0) is 9.26. The van der Waals surface area contributed by atoms with Crippen LogP contribution >= 0.6 is 0 Å². The van der Waals surface area contributed by atoms with Gasteiger partial charge in [0.05, 0.1) is 5.69 Å². The van der Waals surface area contributed by atoms with Crippen LogP contribution in [0.3, 0.4) is 0 Å². The number of aromatic nitrogens is 2. The second-order valence-electron chi connectivity index (χ2n) is 3.59. The fourth-order valence-electron chi connectivity index (χ4n) is 1.91. The van der Waals surface area contributed by atoms with Crippen molar-refractivity contribution in [3.8, 4) is 0 Å². The molecule has 2 rings (SSSR count). The first-order chi connectivity index (χ1) is 6.31. The highest BCUT2D eigenvalue weighted by Gasteiger charge is 2.19. The summed E-state index contributed by atoms with van der Waals surface area (Å²) >= 11 is 0. The van der Waals surface area contributed by atoms with Gasteiger partial charge in [-0.2, -0.15) is 5.10 Å². The van der Waals surface area contributed by atoms with Crippen LogP contribution in [0.25, 0.3) is 0 Å². The molecule has 0 bridgehead atoms. The fraction of sp³-hybridized carbons (Fsp3) is 0.667. The van der Waals surface area contributed by atoms with E-state index in [1.165, 1.54) is 24.2 Å². The first-order valence-electron chi connectivity index (χ1n) is 4.85. The van der Waals surface area contributed by atoms with Crippen molar-refractivity contribution in [3.63, 3.8) is 0 Å². The van der Waals surface area contributed by atoms with E-state index in [1.54, 1.807) is 0 Å². The normalized spacial score (nSPS) is 17.3. The maximum atomic E-state index is 5.72. The lowest BCUT2D eigenvalue weighted by molar-refractivity contribution is 0.252. The van der Waals surface area contributed by atoms with Crippen LogP contribution < -0.4 is 5.73 Å². The van der Waals surface area contributed by atoms with Crippen LogP contribution in [0.1, 0.15) is 24.6 Å². The lowest BCUT2D eigenvalue weighted by atomic mass is 10.1. The van der Waals surface area contributed by atoms with Crippen LogP contribution in [0.4, 0.5) is 5.82 Å². The minimum Gasteiger partial charge on any atom is -0.382 e. The van der Waals surface area contributed by atoms with E-state index in [-0.39, 0.29) is 0 Å².